The molecule has 0 aromatic carbocycles. The smallest absolute Gasteiger partial charge is 0.0632 e. The van der Waals surface area contributed by atoms with E-state index in [0.717, 1.165) is 43.2 Å². The van der Waals surface area contributed by atoms with Crippen LogP contribution in [-0.4, -0.2) is 22.1 Å². The highest BCUT2D eigenvalue weighted by Crippen LogP contribution is 2.64. The normalized spacial score (nSPS) is 52.7. The third kappa shape index (κ3) is 1.81. The van der Waals surface area contributed by atoms with Gasteiger partial charge in [-0.3, -0.25) is 0 Å². The summed E-state index contributed by atoms with van der Waals surface area (Å²) in [6, 6.07) is 0. The van der Waals surface area contributed by atoms with E-state index in [1.807, 2.05) is 0 Å². The third-order valence-electron chi connectivity index (χ3n) is 7.94. The maximum atomic E-state index is 10.0. The van der Waals surface area contributed by atoms with Gasteiger partial charge < -0.3 is 10.3 Å². The van der Waals surface area contributed by atoms with Crippen molar-refractivity contribution in [3.8, 4) is 0 Å². The molecule has 3 saturated carbocycles. The summed E-state index contributed by atoms with van der Waals surface area (Å²) in [5, 5.41) is 23.1. The number of allylic oxidation sites excluding steroid dienone is 1. The second kappa shape index (κ2) is 4.83. The van der Waals surface area contributed by atoms with Crippen molar-refractivity contribution in [2.75, 3.05) is 0 Å². The Bertz CT molecular complexity index is 540. The fourth-order valence-electron chi connectivity index (χ4n) is 6.59. The Labute approximate surface area is 133 Å². The fraction of sp³-hybridized carbons (Fsp3) is 0.842. The Morgan fingerprint density at radius 1 is 1.09 bits per heavy atom. The SMILES string of the molecule is CC12CCC(O)CC1=CCC1C2CCC2(C)/C(=N/O)CCC12. The van der Waals surface area contributed by atoms with Crippen molar-refractivity contribution in [2.24, 2.45) is 33.7 Å². The Kier molecular flexibility index (Phi) is 3.24. The van der Waals surface area contributed by atoms with Gasteiger partial charge >= 0.3 is 0 Å². The molecule has 3 nitrogen and oxygen atoms in total. The molecule has 0 amide bonds. The summed E-state index contributed by atoms with van der Waals surface area (Å²) in [5.74, 6) is 2.18. The van der Waals surface area contributed by atoms with Crippen LogP contribution in [0.1, 0.15) is 65.2 Å². The summed E-state index contributed by atoms with van der Waals surface area (Å²) in [6.45, 7) is 4.79. The summed E-state index contributed by atoms with van der Waals surface area (Å²) in [4.78, 5) is 0. The van der Waals surface area contributed by atoms with Gasteiger partial charge in [0.05, 0.1) is 11.8 Å². The Morgan fingerprint density at radius 3 is 2.59 bits per heavy atom. The van der Waals surface area contributed by atoms with Crippen molar-refractivity contribution in [3.63, 3.8) is 0 Å². The van der Waals surface area contributed by atoms with Crippen molar-refractivity contribution in [1.29, 1.82) is 0 Å². The van der Waals surface area contributed by atoms with Gasteiger partial charge in [0, 0.05) is 5.41 Å². The van der Waals surface area contributed by atoms with Crippen LogP contribution in [0.5, 0.6) is 0 Å². The van der Waals surface area contributed by atoms with Gasteiger partial charge in [-0.2, -0.15) is 0 Å². The molecule has 122 valence electrons. The van der Waals surface area contributed by atoms with Crippen LogP contribution in [0.25, 0.3) is 0 Å². The predicted octanol–water partition coefficient (Wildman–Crippen LogP) is 4.14. The summed E-state index contributed by atoms with van der Waals surface area (Å²) in [6.07, 6.45) is 11.1. The van der Waals surface area contributed by atoms with Gasteiger partial charge in [-0.15, -0.1) is 0 Å². The van der Waals surface area contributed by atoms with E-state index in [1.165, 1.54) is 31.3 Å². The van der Waals surface area contributed by atoms with Gasteiger partial charge in [-0.05, 0) is 74.5 Å². The first-order valence-electron chi connectivity index (χ1n) is 9.08. The molecule has 3 fully saturated rings. The van der Waals surface area contributed by atoms with Crippen molar-refractivity contribution in [3.05, 3.63) is 11.6 Å². The number of oxime groups is 1. The number of fused-ring (bicyclic) bond motifs is 5. The molecule has 0 bridgehead atoms. The van der Waals surface area contributed by atoms with Crippen LogP contribution in [0, 0.1) is 28.6 Å². The number of hydrogen-bond acceptors (Lipinski definition) is 3. The minimum atomic E-state index is -0.121. The zero-order valence-electron chi connectivity index (χ0n) is 13.9. The lowest BCUT2D eigenvalue weighted by molar-refractivity contribution is -0.0213. The minimum Gasteiger partial charge on any atom is -0.411 e. The lowest BCUT2D eigenvalue weighted by Crippen LogP contribution is -2.50. The molecule has 0 aliphatic heterocycles. The predicted molar refractivity (Wildman–Crippen MR) is 86.9 cm³/mol. The molecule has 0 spiro atoms. The van der Waals surface area contributed by atoms with Gasteiger partial charge in [0.25, 0.3) is 0 Å². The van der Waals surface area contributed by atoms with Crippen molar-refractivity contribution in [1.82, 2.24) is 0 Å². The molecular weight excluding hydrogens is 274 g/mol. The maximum Gasteiger partial charge on any atom is 0.0632 e. The Balaban J connectivity index is 1.69. The highest BCUT2D eigenvalue weighted by molar-refractivity contribution is 5.92. The number of aliphatic hydroxyl groups excluding tert-OH is 1. The largest absolute Gasteiger partial charge is 0.411 e. The molecular formula is C19H29NO2. The molecule has 0 aromatic heterocycles. The molecule has 22 heavy (non-hydrogen) atoms. The quantitative estimate of drug-likeness (QED) is 0.401. The monoisotopic (exact) mass is 303 g/mol. The molecule has 0 saturated heterocycles. The maximum absolute atomic E-state index is 10.0. The highest BCUT2D eigenvalue weighted by atomic mass is 16.4. The van der Waals surface area contributed by atoms with E-state index in [-0.39, 0.29) is 11.5 Å². The number of aliphatic hydroxyl groups is 1. The summed E-state index contributed by atoms with van der Waals surface area (Å²) < 4.78 is 0. The Morgan fingerprint density at radius 2 is 1.82 bits per heavy atom. The van der Waals surface area contributed by atoms with Gasteiger partial charge in [0.2, 0.25) is 0 Å². The molecule has 4 aliphatic carbocycles. The molecule has 0 aromatic rings. The first kappa shape index (κ1) is 14.7. The highest BCUT2D eigenvalue weighted by Gasteiger charge is 2.57. The van der Waals surface area contributed by atoms with E-state index in [4.69, 9.17) is 0 Å². The zero-order chi connectivity index (χ0) is 15.5. The van der Waals surface area contributed by atoms with E-state index in [0.29, 0.717) is 11.3 Å². The van der Waals surface area contributed by atoms with E-state index in [1.54, 1.807) is 0 Å². The van der Waals surface area contributed by atoms with Crippen LogP contribution >= 0.6 is 0 Å². The minimum absolute atomic E-state index is 0.121. The van der Waals surface area contributed by atoms with Crippen LogP contribution in [0.3, 0.4) is 0 Å². The number of hydrogen-bond donors (Lipinski definition) is 2. The average molecular weight is 303 g/mol. The molecule has 4 rings (SSSR count). The molecule has 6 atom stereocenters. The van der Waals surface area contributed by atoms with Gasteiger partial charge in [0.1, 0.15) is 0 Å². The van der Waals surface area contributed by atoms with Crippen molar-refractivity contribution in [2.45, 2.75) is 71.3 Å². The lowest BCUT2D eigenvalue weighted by atomic mass is 9.48. The van der Waals surface area contributed by atoms with Crippen LogP contribution < -0.4 is 0 Å². The van der Waals surface area contributed by atoms with Crippen molar-refractivity contribution >= 4 is 5.71 Å². The van der Waals surface area contributed by atoms with Gasteiger partial charge in [0.15, 0.2) is 0 Å². The molecule has 4 aliphatic rings. The standard InChI is InChI=1S/C19H29NO2/c1-18-9-7-13(21)11-12(18)3-4-14-15-5-6-17(20-22)19(15,2)10-8-16(14)18/h3,13-16,21-22H,4-11H2,1-2H3/b20-17+. The molecule has 2 N–H and O–H groups in total. The van der Waals surface area contributed by atoms with Crippen LogP contribution in [-0.2, 0) is 0 Å². The van der Waals surface area contributed by atoms with E-state index < -0.39 is 0 Å². The van der Waals surface area contributed by atoms with E-state index in [2.05, 4.69) is 25.1 Å². The molecule has 3 heteroatoms. The second-order valence-electron chi connectivity index (χ2n) is 8.70. The summed E-state index contributed by atoms with van der Waals surface area (Å²) in [7, 11) is 0. The third-order valence-corrected chi connectivity index (χ3v) is 7.94. The van der Waals surface area contributed by atoms with Crippen LogP contribution in [0.15, 0.2) is 16.8 Å². The Hall–Kier alpha value is -0.830. The average Bonchev–Trinajstić information content (AvgIpc) is 2.84. The fourth-order valence-corrected chi connectivity index (χ4v) is 6.59. The van der Waals surface area contributed by atoms with Gasteiger partial charge in [-0.1, -0.05) is 30.7 Å². The van der Waals surface area contributed by atoms with Gasteiger partial charge in [-0.25, -0.2) is 0 Å². The second-order valence-corrected chi connectivity index (χ2v) is 8.70. The van der Waals surface area contributed by atoms with Crippen LogP contribution in [0.2, 0.25) is 0 Å². The number of nitrogens with zero attached hydrogens (tertiary/aromatic N) is 1. The first-order chi connectivity index (χ1) is 10.5. The zero-order valence-corrected chi connectivity index (χ0v) is 13.9. The first-order valence-corrected chi connectivity index (χ1v) is 9.08. The van der Waals surface area contributed by atoms with E-state index in [9.17, 15) is 10.3 Å². The van der Waals surface area contributed by atoms with Crippen molar-refractivity contribution < 1.29 is 10.3 Å². The molecule has 0 radical (unpaired) electrons. The molecule has 0 heterocycles. The lowest BCUT2D eigenvalue weighted by Gasteiger charge is -2.57. The summed E-state index contributed by atoms with van der Waals surface area (Å²) >= 11 is 0. The molecule has 6 unspecified atom stereocenters. The summed E-state index contributed by atoms with van der Waals surface area (Å²) in [5.41, 5.74) is 3.02. The topological polar surface area (TPSA) is 52.8 Å². The van der Waals surface area contributed by atoms with E-state index >= 15 is 0 Å². The van der Waals surface area contributed by atoms with Crippen LogP contribution in [0.4, 0.5) is 0 Å². The number of rotatable bonds is 0.